The summed E-state index contributed by atoms with van der Waals surface area (Å²) in [5.41, 5.74) is 6.98. The van der Waals surface area contributed by atoms with E-state index in [-0.39, 0.29) is 5.75 Å². The Bertz CT molecular complexity index is 495. The topological polar surface area (TPSA) is 63.4 Å². The maximum absolute atomic E-state index is 12.1. The second-order valence-electron chi connectivity index (χ2n) is 4.73. The molecule has 0 spiro atoms. The Labute approximate surface area is 102 Å². The SMILES string of the molecule is CN(CC1CC1)S(=O)(=O)Cc1cccc(N)c1. The van der Waals surface area contributed by atoms with Crippen molar-refractivity contribution in [3.63, 3.8) is 0 Å². The van der Waals surface area contributed by atoms with Crippen LogP contribution in [-0.2, 0) is 15.8 Å². The summed E-state index contributed by atoms with van der Waals surface area (Å²) in [7, 11) is -1.55. The van der Waals surface area contributed by atoms with Crippen molar-refractivity contribution in [3.8, 4) is 0 Å². The van der Waals surface area contributed by atoms with Crippen LogP contribution in [0.1, 0.15) is 18.4 Å². The van der Waals surface area contributed by atoms with Gasteiger partial charge in [-0.05, 0) is 36.5 Å². The molecule has 2 rings (SSSR count). The Morgan fingerprint density at radius 2 is 2.12 bits per heavy atom. The lowest BCUT2D eigenvalue weighted by Gasteiger charge is -2.16. The zero-order valence-corrected chi connectivity index (χ0v) is 10.8. The second kappa shape index (κ2) is 4.66. The van der Waals surface area contributed by atoms with Crippen molar-refractivity contribution in [2.45, 2.75) is 18.6 Å². The van der Waals surface area contributed by atoms with E-state index in [4.69, 9.17) is 5.73 Å². The third kappa shape index (κ3) is 3.44. The molecule has 1 aliphatic rings. The van der Waals surface area contributed by atoms with Gasteiger partial charge in [-0.25, -0.2) is 12.7 Å². The summed E-state index contributed by atoms with van der Waals surface area (Å²) in [5, 5.41) is 0. The predicted octanol–water partition coefficient (Wildman–Crippen LogP) is 1.44. The highest BCUT2D eigenvalue weighted by Gasteiger charge is 2.28. The molecular formula is C12H18N2O2S. The van der Waals surface area contributed by atoms with Gasteiger partial charge in [0.2, 0.25) is 10.0 Å². The minimum absolute atomic E-state index is 0.0290. The lowest BCUT2D eigenvalue weighted by Crippen LogP contribution is -2.30. The first-order chi connectivity index (χ1) is 7.97. The summed E-state index contributed by atoms with van der Waals surface area (Å²) < 4.78 is 25.6. The van der Waals surface area contributed by atoms with Crippen LogP contribution < -0.4 is 5.73 Å². The molecule has 0 amide bonds. The van der Waals surface area contributed by atoms with Crippen molar-refractivity contribution in [1.29, 1.82) is 0 Å². The number of nitrogen functional groups attached to an aromatic ring is 1. The number of hydrogen-bond acceptors (Lipinski definition) is 3. The minimum atomic E-state index is -3.21. The lowest BCUT2D eigenvalue weighted by molar-refractivity contribution is 0.452. The molecule has 0 heterocycles. The average Bonchev–Trinajstić information content (AvgIpc) is 3.00. The number of sulfonamides is 1. The molecule has 1 saturated carbocycles. The zero-order valence-electron chi connectivity index (χ0n) is 9.96. The van der Waals surface area contributed by atoms with Gasteiger partial charge >= 0.3 is 0 Å². The summed E-state index contributed by atoms with van der Waals surface area (Å²) in [6.07, 6.45) is 2.30. The Morgan fingerprint density at radius 3 is 2.71 bits per heavy atom. The molecule has 0 aliphatic heterocycles. The summed E-state index contributed by atoms with van der Waals surface area (Å²) in [4.78, 5) is 0. The van der Waals surface area contributed by atoms with Gasteiger partial charge < -0.3 is 5.73 Å². The fourth-order valence-corrected chi connectivity index (χ4v) is 3.04. The van der Waals surface area contributed by atoms with Gasteiger partial charge in [-0.1, -0.05) is 12.1 Å². The van der Waals surface area contributed by atoms with E-state index in [9.17, 15) is 8.42 Å². The maximum Gasteiger partial charge on any atom is 0.218 e. The number of hydrogen-bond donors (Lipinski definition) is 1. The fourth-order valence-electron chi connectivity index (χ4n) is 1.78. The van der Waals surface area contributed by atoms with Crippen LogP contribution in [0.15, 0.2) is 24.3 Å². The van der Waals surface area contributed by atoms with Crippen molar-refractivity contribution in [2.75, 3.05) is 19.3 Å². The van der Waals surface area contributed by atoms with Crippen LogP contribution in [0, 0.1) is 5.92 Å². The number of nitrogens with two attached hydrogens (primary N) is 1. The molecular weight excluding hydrogens is 236 g/mol. The summed E-state index contributed by atoms with van der Waals surface area (Å²) in [6.45, 7) is 0.644. The molecule has 17 heavy (non-hydrogen) atoms. The molecule has 1 aromatic carbocycles. The van der Waals surface area contributed by atoms with E-state index in [0.29, 0.717) is 18.2 Å². The van der Waals surface area contributed by atoms with E-state index in [0.717, 1.165) is 18.4 Å². The van der Waals surface area contributed by atoms with Crippen LogP contribution in [0.2, 0.25) is 0 Å². The van der Waals surface area contributed by atoms with Crippen LogP contribution in [0.25, 0.3) is 0 Å². The van der Waals surface area contributed by atoms with Crippen molar-refractivity contribution < 1.29 is 8.42 Å². The van der Waals surface area contributed by atoms with Gasteiger partial charge in [-0.15, -0.1) is 0 Å². The number of benzene rings is 1. The van der Waals surface area contributed by atoms with Crippen LogP contribution in [0.5, 0.6) is 0 Å². The van der Waals surface area contributed by atoms with Gasteiger partial charge in [0, 0.05) is 19.3 Å². The second-order valence-corrected chi connectivity index (χ2v) is 6.80. The number of rotatable bonds is 5. The average molecular weight is 254 g/mol. The van der Waals surface area contributed by atoms with Crippen LogP contribution in [0.4, 0.5) is 5.69 Å². The smallest absolute Gasteiger partial charge is 0.218 e. The number of anilines is 1. The van der Waals surface area contributed by atoms with Gasteiger partial charge in [0.05, 0.1) is 5.75 Å². The molecule has 1 aromatic rings. The highest BCUT2D eigenvalue weighted by Crippen LogP contribution is 2.30. The first-order valence-corrected chi connectivity index (χ1v) is 7.37. The Morgan fingerprint density at radius 1 is 1.41 bits per heavy atom. The third-order valence-electron chi connectivity index (χ3n) is 2.99. The van der Waals surface area contributed by atoms with E-state index in [1.54, 1.807) is 31.3 Å². The molecule has 1 fully saturated rings. The van der Waals surface area contributed by atoms with Gasteiger partial charge in [0.1, 0.15) is 0 Å². The van der Waals surface area contributed by atoms with Crippen LogP contribution in [0.3, 0.4) is 0 Å². The van der Waals surface area contributed by atoms with E-state index in [2.05, 4.69) is 0 Å². The lowest BCUT2D eigenvalue weighted by atomic mass is 10.2. The first kappa shape index (κ1) is 12.4. The molecule has 0 saturated heterocycles. The van der Waals surface area contributed by atoms with E-state index in [1.807, 2.05) is 0 Å². The van der Waals surface area contributed by atoms with E-state index >= 15 is 0 Å². The standard InChI is InChI=1S/C12H18N2O2S/c1-14(8-10-5-6-10)17(15,16)9-11-3-2-4-12(13)7-11/h2-4,7,10H,5-6,8-9,13H2,1H3. The number of nitrogens with zero attached hydrogens (tertiary/aromatic N) is 1. The van der Waals surface area contributed by atoms with Gasteiger partial charge in [0.25, 0.3) is 0 Å². The van der Waals surface area contributed by atoms with E-state index < -0.39 is 10.0 Å². The predicted molar refractivity (Wildman–Crippen MR) is 68.8 cm³/mol. The molecule has 94 valence electrons. The third-order valence-corrected chi connectivity index (χ3v) is 4.78. The molecule has 2 N–H and O–H groups in total. The molecule has 0 bridgehead atoms. The highest BCUT2D eigenvalue weighted by atomic mass is 32.2. The molecule has 0 atom stereocenters. The van der Waals surface area contributed by atoms with Crippen LogP contribution in [-0.4, -0.2) is 26.3 Å². The maximum atomic E-state index is 12.1. The van der Waals surface area contributed by atoms with Crippen molar-refractivity contribution in [3.05, 3.63) is 29.8 Å². The molecule has 0 unspecified atom stereocenters. The van der Waals surface area contributed by atoms with Gasteiger partial charge in [-0.2, -0.15) is 0 Å². The highest BCUT2D eigenvalue weighted by molar-refractivity contribution is 7.88. The molecule has 1 aliphatic carbocycles. The summed E-state index contributed by atoms with van der Waals surface area (Å²) in [5.74, 6) is 0.594. The monoisotopic (exact) mass is 254 g/mol. The van der Waals surface area contributed by atoms with Crippen molar-refractivity contribution >= 4 is 15.7 Å². The first-order valence-electron chi connectivity index (χ1n) is 5.76. The largest absolute Gasteiger partial charge is 0.399 e. The fraction of sp³-hybridized carbons (Fsp3) is 0.500. The van der Waals surface area contributed by atoms with E-state index in [1.165, 1.54) is 4.31 Å². The zero-order chi connectivity index (χ0) is 12.5. The minimum Gasteiger partial charge on any atom is -0.399 e. The Hall–Kier alpha value is -1.07. The van der Waals surface area contributed by atoms with Crippen LogP contribution >= 0.6 is 0 Å². The Balaban J connectivity index is 2.05. The Kier molecular flexibility index (Phi) is 3.40. The van der Waals surface area contributed by atoms with Gasteiger partial charge in [-0.3, -0.25) is 0 Å². The summed E-state index contributed by atoms with van der Waals surface area (Å²) >= 11 is 0. The molecule has 0 aromatic heterocycles. The van der Waals surface area contributed by atoms with Crippen molar-refractivity contribution in [2.24, 2.45) is 5.92 Å². The molecule has 0 radical (unpaired) electrons. The summed E-state index contributed by atoms with van der Waals surface area (Å²) in [6, 6.07) is 7.03. The van der Waals surface area contributed by atoms with Crippen molar-refractivity contribution in [1.82, 2.24) is 4.31 Å². The molecule has 4 nitrogen and oxygen atoms in total. The quantitative estimate of drug-likeness (QED) is 0.809. The molecule has 5 heteroatoms. The van der Waals surface area contributed by atoms with Gasteiger partial charge in [0.15, 0.2) is 0 Å². The normalized spacial score (nSPS) is 16.4.